The molecule has 0 saturated heterocycles. The second-order valence-electron chi connectivity index (χ2n) is 8.41. The first-order valence-corrected chi connectivity index (χ1v) is 9.42. The molecule has 0 spiro atoms. The fourth-order valence-corrected chi connectivity index (χ4v) is 2.85. The summed E-state index contributed by atoms with van der Waals surface area (Å²) in [5, 5.41) is 10.8. The number of hydrogen-bond acceptors (Lipinski definition) is 2. The zero-order valence-corrected chi connectivity index (χ0v) is 17.8. The predicted octanol–water partition coefficient (Wildman–Crippen LogP) is 7.28. The van der Waals surface area contributed by atoms with E-state index in [-0.39, 0.29) is 10.8 Å². The third kappa shape index (κ3) is 5.43. The molecular weight excluding hydrogens is 363 g/mol. The zero-order valence-electron chi connectivity index (χ0n) is 16.3. The molecule has 0 atom stereocenters. The minimum atomic E-state index is -0.152. The summed E-state index contributed by atoms with van der Waals surface area (Å²) < 4.78 is 0. The number of benzene rings is 2. The molecule has 0 aromatic heterocycles. The minimum Gasteiger partial charge on any atom is -0.154 e. The van der Waals surface area contributed by atoms with Crippen molar-refractivity contribution in [3.63, 3.8) is 0 Å². The largest absolute Gasteiger partial charge is 0.154 e. The van der Waals surface area contributed by atoms with Crippen LogP contribution in [0.3, 0.4) is 0 Å². The average Bonchev–Trinajstić information content (AvgIpc) is 2.52. The first kappa shape index (κ1) is 20.7. The highest BCUT2D eigenvalue weighted by molar-refractivity contribution is 6.31. The molecule has 4 heteroatoms. The van der Waals surface area contributed by atoms with Crippen LogP contribution >= 0.6 is 23.2 Å². The molecular formula is C22H26Cl2N2. The van der Waals surface area contributed by atoms with E-state index in [1.165, 1.54) is 0 Å². The van der Waals surface area contributed by atoms with Crippen molar-refractivity contribution in [2.45, 2.75) is 41.5 Å². The first-order chi connectivity index (χ1) is 12.0. The summed E-state index contributed by atoms with van der Waals surface area (Å²) in [6.07, 6.45) is 0. The molecule has 0 heterocycles. The molecule has 2 aromatic rings. The van der Waals surface area contributed by atoms with Gasteiger partial charge in [0.05, 0.1) is 11.4 Å². The van der Waals surface area contributed by atoms with Crippen LogP contribution in [0.25, 0.3) is 0 Å². The van der Waals surface area contributed by atoms with Gasteiger partial charge in [0.15, 0.2) is 0 Å². The molecule has 0 aliphatic heterocycles. The minimum absolute atomic E-state index is 0.152. The van der Waals surface area contributed by atoms with Crippen LogP contribution in [0.15, 0.2) is 58.7 Å². The summed E-state index contributed by atoms with van der Waals surface area (Å²) in [5.74, 6) is 0. The first-order valence-electron chi connectivity index (χ1n) is 8.67. The second-order valence-corrected chi connectivity index (χ2v) is 9.28. The van der Waals surface area contributed by atoms with Crippen LogP contribution in [0.1, 0.15) is 52.7 Å². The Kier molecular flexibility index (Phi) is 6.31. The van der Waals surface area contributed by atoms with Crippen LogP contribution in [0, 0.1) is 10.8 Å². The fourth-order valence-electron chi connectivity index (χ4n) is 2.60. The van der Waals surface area contributed by atoms with Crippen molar-refractivity contribution >= 4 is 34.6 Å². The Bertz CT molecular complexity index is 732. The van der Waals surface area contributed by atoms with Crippen molar-refractivity contribution in [1.29, 1.82) is 0 Å². The van der Waals surface area contributed by atoms with Crippen molar-refractivity contribution in [3.05, 3.63) is 69.7 Å². The Balaban J connectivity index is 2.57. The second kappa shape index (κ2) is 7.94. The Morgan fingerprint density at radius 3 is 1.08 bits per heavy atom. The van der Waals surface area contributed by atoms with Gasteiger partial charge < -0.3 is 0 Å². The molecule has 2 rings (SSSR count). The molecule has 138 valence electrons. The van der Waals surface area contributed by atoms with Crippen molar-refractivity contribution < 1.29 is 0 Å². The highest BCUT2D eigenvalue weighted by Crippen LogP contribution is 2.26. The van der Waals surface area contributed by atoms with Crippen molar-refractivity contribution in [3.8, 4) is 0 Å². The summed E-state index contributed by atoms with van der Waals surface area (Å²) in [6.45, 7) is 12.8. The third-order valence-corrected chi connectivity index (χ3v) is 4.41. The highest BCUT2D eigenvalue weighted by atomic mass is 35.5. The molecule has 0 fully saturated rings. The fraction of sp³-hybridized carbons (Fsp3) is 0.364. The van der Waals surface area contributed by atoms with Crippen molar-refractivity contribution in [2.24, 2.45) is 21.0 Å². The van der Waals surface area contributed by atoms with E-state index in [1.54, 1.807) is 0 Å². The summed E-state index contributed by atoms with van der Waals surface area (Å²) in [4.78, 5) is 0. The molecule has 0 amide bonds. The molecule has 0 bridgehead atoms. The van der Waals surface area contributed by atoms with Crippen LogP contribution in [0.4, 0.5) is 0 Å². The Hall–Kier alpha value is -1.64. The Morgan fingerprint density at radius 1 is 0.577 bits per heavy atom. The number of halogens is 2. The smallest absolute Gasteiger partial charge is 0.0756 e. The predicted molar refractivity (Wildman–Crippen MR) is 115 cm³/mol. The van der Waals surface area contributed by atoms with Gasteiger partial charge in [-0.1, -0.05) is 89.0 Å². The molecule has 0 radical (unpaired) electrons. The summed E-state index contributed by atoms with van der Waals surface area (Å²) in [7, 11) is 0. The van der Waals surface area contributed by atoms with Gasteiger partial charge in [0, 0.05) is 20.9 Å². The van der Waals surface area contributed by atoms with Crippen molar-refractivity contribution in [2.75, 3.05) is 0 Å². The van der Waals surface area contributed by atoms with Gasteiger partial charge in [-0.3, -0.25) is 0 Å². The van der Waals surface area contributed by atoms with Gasteiger partial charge in [-0.25, -0.2) is 0 Å². The van der Waals surface area contributed by atoms with Crippen molar-refractivity contribution in [1.82, 2.24) is 0 Å². The SMILES string of the molecule is CC(C)(C)/C(=N/N=C(\c1ccc(Cl)cc1)C(C)(C)C)c1ccc(Cl)cc1. The molecule has 2 aromatic carbocycles. The van der Waals surface area contributed by atoms with E-state index in [2.05, 4.69) is 51.7 Å². The van der Waals surface area contributed by atoms with Crippen LogP contribution < -0.4 is 0 Å². The van der Waals surface area contributed by atoms with E-state index in [0.717, 1.165) is 22.6 Å². The van der Waals surface area contributed by atoms with Gasteiger partial charge in [-0.15, -0.1) is 0 Å². The van der Waals surface area contributed by atoms with Crippen LogP contribution in [-0.2, 0) is 0 Å². The lowest BCUT2D eigenvalue weighted by molar-refractivity contribution is 0.581. The van der Waals surface area contributed by atoms with E-state index in [9.17, 15) is 0 Å². The maximum Gasteiger partial charge on any atom is 0.0756 e. The normalized spacial score (nSPS) is 13.8. The van der Waals surface area contributed by atoms with Gasteiger partial charge >= 0.3 is 0 Å². The van der Waals surface area contributed by atoms with Crippen LogP contribution in [0.2, 0.25) is 10.0 Å². The quantitative estimate of drug-likeness (QED) is 0.389. The molecule has 0 N–H and O–H groups in total. The number of nitrogens with zero attached hydrogens (tertiary/aromatic N) is 2. The van der Waals surface area contributed by atoms with Gasteiger partial charge in [0.25, 0.3) is 0 Å². The monoisotopic (exact) mass is 388 g/mol. The van der Waals surface area contributed by atoms with E-state index < -0.39 is 0 Å². The molecule has 0 aliphatic rings. The summed E-state index contributed by atoms with van der Waals surface area (Å²) in [6, 6.07) is 15.5. The topological polar surface area (TPSA) is 24.7 Å². The Labute approximate surface area is 167 Å². The Morgan fingerprint density at radius 2 is 0.846 bits per heavy atom. The maximum absolute atomic E-state index is 6.03. The standard InChI is InChI=1S/C22H26Cl2N2/c1-21(2,3)19(15-7-11-17(23)12-8-15)25-26-20(22(4,5)6)16-9-13-18(24)14-10-16/h7-14H,1-6H3/b25-19+,26-20+. The molecule has 0 saturated carbocycles. The lowest BCUT2D eigenvalue weighted by atomic mass is 9.85. The lowest BCUT2D eigenvalue weighted by Crippen LogP contribution is -2.24. The summed E-state index contributed by atoms with van der Waals surface area (Å²) >= 11 is 12.1. The maximum atomic E-state index is 6.03. The number of hydrogen-bond donors (Lipinski definition) is 0. The number of rotatable bonds is 3. The molecule has 2 nitrogen and oxygen atoms in total. The molecule has 0 unspecified atom stereocenters. The van der Waals surface area contributed by atoms with Gasteiger partial charge in [-0.2, -0.15) is 10.2 Å². The van der Waals surface area contributed by atoms with Crippen LogP contribution in [0.5, 0.6) is 0 Å². The van der Waals surface area contributed by atoms with E-state index in [0.29, 0.717) is 10.0 Å². The van der Waals surface area contributed by atoms with E-state index >= 15 is 0 Å². The van der Waals surface area contributed by atoms with Gasteiger partial charge in [-0.05, 0) is 35.4 Å². The third-order valence-electron chi connectivity index (χ3n) is 3.91. The molecule has 26 heavy (non-hydrogen) atoms. The average molecular weight is 389 g/mol. The zero-order chi connectivity index (χ0) is 19.5. The lowest BCUT2D eigenvalue weighted by Gasteiger charge is -2.23. The van der Waals surface area contributed by atoms with E-state index in [4.69, 9.17) is 23.2 Å². The van der Waals surface area contributed by atoms with E-state index in [1.807, 2.05) is 48.5 Å². The highest BCUT2D eigenvalue weighted by Gasteiger charge is 2.24. The summed E-state index contributed by atoms with van der Waals surface area (Å²) in [5.41, 5.74) is 3.58. The van der Waals surface area contributed by atoms with Crippen LogP contribution in [-0.4, -0.2) is 11.4 Å². The van der Waals surface area contributed by atoms with Gasteiger partial charge in [0.2, 0.25) is 0 Å². The van der Waals surface area contributed by atoms with Gasteiger partial charge in [0.1, 0.15) is 0 Å². The molecule has 0 aliphatic carbocycles.